The minimum atomic E-state index is 0.294. The Morgan fingerprint density at radius 1 is 1.33 bits per heavy atom. The highest BCUT2D eigenvalue weighted by molar-refractivity contribution is 7.71. The number of aryl methyl sites for hydroxylation is 1. The maximum atomic E-state index is 5.46. The summed E-state index contributed by atoms with van der Waals surface area (Å²) >= 11 is 5.46. The van der Waals surface area contributed by atoms with Crippen LogP contribution in [0.15, 0.2) is 18.2 Å². The average Bonchev–Trinajstić information content (AvgIpc) is 2.57. The third-order valence-corrected chi connectivity index (χ3v) is 4.28. The first-order chi connectivity index (χ1) is 8.30. The molecule has 2 nitrogen and oxygen atoms in total. The van der Waals surface area contributed by atoms with Gasteiger partial charge in [-0.1, -0.05) is 39.8 Å². The third-order valence-electron chi connectivity index (χ3n) is 3.95. The predicted molar refractivity (Wildman–Crippen MR) is 80.5 cm³/mol. The van der Waals surface area contributed by atoms with E-state index in [1.807, 2.05) is 0 Å². The number of hydrogen-bond donors (Lipinski definition) is 1. The number of para-hydroxylation sites is 1. The van der Waals surface area contributed by atoms with Gasteiger partial charge in [0, 0.05) is 6.54 Å². The summed E-state index contributed by atoms with van der Waals surface area (Å²) in [5.74, 6) is 0.573. The van der Waals surface area contributed by atoms with E-state index in [2.05, 4.69) is 62.4 Å². The first kappa shape index (κ1) is 13.3. The van der Waals surface area contributed by atoms with E-state index in [1.165, 1.54) is 16.6 Å². The molecule has 0 fully saturated rings. The molecule has 1 N–H and O–H groups in total. The number of hydrogen-bond acceptors (Lipinski definition) is 1. The quantitative estimate of drug-likeness (QED) is 0.779. The fourth-order valence-corrected chi connectivity index (χ4v) is 2.33. The van der Waals surface area contributed by atoms with E-state index in [0.29, 0.717) is 11.3 Å². The lowest BCUT2D eigenvalue weighted by Crippen LogP contribution is -2.22. The summed E-state index contributed by atoms with van der Waals surface area (Å²) < 4.78 is 3.06. The summed E-state index contributed by atoms with van der Waals surface area (Å²) in [4.78, 5) is 3.33. The van der Waals surface area contributed by atoms with Gasteiger partial charge in [-0.15, -0.1) is 0 Å². The maximum Gasteiger partial charge on any atom is 0.178 e. The Balaban J connectivity index is 2.49. The van der Waals surface area contributed by atoms with Crippen molar-refractivity contribution in [2.24, 2.45) is 11.3 Å². The van der Waals surface area contributed by atoms with Gasteiger partial charge >= 0.3 is 0 Å². The number of aromatic amines is 1. The Kier molecular flexibility index (Phi) is 3.37. The van der Waals surface area contributed by atoms with E-state index < -0.39 is 0 Å². The van der Waals surface area contributed by atoms with Gasteiger partial charge in [0.05, 0.1) is 11.0 Å². The Hall–Kier alpha value is -1.09. The van der Waals surface area contributed by atoms with Crippen molar-refractivity contribution < 1.29 is 0 Å². The van der Waals surface area contributed by atoms with E-state index >= 15 is 0 Å². The number of fused-ring (bicyclic) bond motifs is 1. The Bertz CT molecular complexity index is 613. The second-order valence-electron chi connectivity index (χ2n) is 6.28. The van der Waals surface area contributed by atoms with Gasteiger partial charge in [-0.3, -0.25) is 0 Å². The van der Waals surface area contributed by atoms with Crippen LogP contribution in [0.25, 0.3) is 11.0 Å². The van der Waals surface area contributed by atoms with Crippen molar-refractivity contribution in [2.45, 2.75) is 41.2 Å². The molecule has 2 aromatic rings. The van der Waals surface area contributed by atoms with Crippen LogP contribution in [0, 0.1) is 23.0 Å². The molecular formula is C15H22N2S. The molecule has 0 bridgehead atoms. The number of nitrogens with one attached hydrogen (secondary N) is 1. The number of nitrogens with zero attached hydrogens (tertiary/aromatic N) is 1. The van der Waals surface area contributed by atoms with Crippen LogP contribution < -0.4 is 0 Å². The number of aromatic nitrogens is 2. The molecule has 1 unspecified atom stereocenters. The second-order valence-corrected chi connectivity index (χ2v) is 6.66. The lowest BCUT2D eigenvalue weighted by atomic mass is 9.82. The van der Waals surface area contributed by atoms with Crippen molar-refractivity contribution in [1.82, 2.24) is 9.55 Å². The summed E-state index contributed by atoms with van der Waals surface area (Å²) in [5.41, 5.74) is 3.93. The van der Waals surface area contributed by atoms with E-state index in [4.69, 9.17) is 12.2 Å². The Labute approximate surface area is 114 Å². The van der Waals surface area contributed by atoms with E-state index in [9.17, 15) is 0 Å². The molecule has 0 saturated heterocycles. The van der Waals surface area contributed by atoms with Crippen LogP contribution in [0.4, 0.5) is 0 Å². The normalized spacial score (nSPS) is 14.1. The molecule has 0 amide bonds. The topological polar surface area (TPSA) is 20.7 Å². The van der Waals surface area contributed by atoms with Gasteiger partial charge in [0.1, 0.15) is 0 Å². The first-order valence-electron chi connectivity index (χ1n) is 6.49. The van der Waals surface area contributed by atoms with E-state index in [1.54, 1.807) is 0 Å². The van der Waals surface area contributed by atoms with Crippen LogP contribution in [0.3, 0.4) is 0 Å². The zero-order valence-corrected chi connectivity index (χ0v) is 12.7. The lowest BCUT2D eigenvalue weighted by molar-refractivity contribution is 0.234. The van der Waals surface area contributed by atoms with Crippen LogP contribution in [0.2, 0.25) is 0 Å². The monoisotopic (exact) mass is 262 g/mol. The van der Waals surface area contributed by atoms with Crippen molar-refractivity contribution >= 4 is 23.3 Å². The summed E-state index contributed by atoms with van der Waals surface area (Å²) in [6.45, 7) is 12.2. The molecule has 0 aliphatic rings. The van der Waals surface area contributed by atoms with Crippen LogP contribution in [0.1, 0.15) is 33.3 Å². The van der Waals surface area contributed by atoms with Gasteiger partial charge < -0.3 is 9.55 Å². The zero-order chi connectivity index (χ0) is 13.5. The molecular weight excluding hydrogens is 240 g/mol. The van der Waals surface area contributed by atoms with Crippen LogP contribution in [0.5, 0.6) is 0 Å². The van der Waals surface area contributed by atoms with Crippen LogP contribution >= 0.6 is 12.2 Å². The minimum absolute atomic E-state index is 0.294. The third kappa shape index (κ3) is 2.37. The van der Waals surface area contributed by atoms with E-state index in [0.717, 1.165) is 11.3 Å². The molecule has 1 aromatic carbocycles. The molecule has 2 rings (SSSR count). The second kappa shape index (κ2) is 4.54. The molecule has 0 aliphatic carbocycles. The zero-order valence-electron chi connectivity index (χ0n) is 11.9. The van der Waals surface area contributed by atoms with Gasteiger partial charge in [-0.2, -0.15) is 0 Å². The fraction of sp³-hybridized carbons (Fsp3) is 0.533. The molecule has 0 saturated carbocycles. The number of benzene rings is 1. The molecule has 0 aliphatic heterocycles. The predicted octanol–water partition coefficient (Wildman–Crippen LogP) is 4.69. The smallest absolute Gasteiger partial charge is 0.178 e. The highest BCUT2D eigenvalue weighted by Gasteiger charge is 2.21. The van der Waals surface area contributed by atoms with Gasteiger partial charge in [-0.05, 0) is 42.1 Å². The summed E-state index contributed by atoms with van der Waals surface area (Å²) in [5, 5.41) is 0. The highest BCUT2D eigenvalue weighted by Crippen LogP contribution is 2.28. The van der Waals surface area contributed by atoms with Crippen molar-refractivity contribution in [2.75, 3.05) is 0 Å². The van der Waals surface area contributed by atoms with Crippen molar-refractivity contribution in [1.29, 1.82) is 0 Å². The molecule has 1 atom stereocenters. The summed E-state index contributed by atoms with van der Waals surface area (Å²) in [6, 6.07) is 6.35. The molecule has 3 heteroatoms. The lowest BCUT2D eigenvalue weighted by Gasteiger charge is -2.27. The molecule has 0 spiro atoms. The summed E-state index contributed by atoms with van der Waals surface area (Å²) in [6.07, 6.45) is 0. The summed E-state index contributed by atoms with van der Waals surface area (Å²) in [7, 11) is 0. The average molecular weight is 262 g/mol. The van der Waals surface area contributed by atoms with Gasteiger partial charge in [0.15, 0.2) is 4.77 Å². The molecule has 98 valence electrons. The minimum Gasteiger partial charge on any atom is -0.330 e. The number of rotatable bonds is 2. The fourth-order valence-electron chi connectivity index (χ4n) is 2.05. The van der Waals surface area contributed by atoms with Crippen LogP contribution in [-0.4, -0.2) is 9.55 Å². The van der Waals surface area contributed by atoms with Crippen molar-refractivity contribution in [3.8, 4) is 0 Å². The molecule has 18 heavy (non-hydrogen) atoms. The molecule has 1 aromatic heterocycles. The first-order valence-corrected chi connectivity index (χ1v) is 6.89. The molecule has 1 heterocycles. The van der Waals surface area contributed by atoms with Crippen molar-refractivity contribution in [3.63, 3.8) is 0 Å². The standard InChI is InChI=1S/C15H22N2S/c1-10-7-6-8-12-13(10)16-14(18)17(12)9-11(2)15(3,4)5/h6-8,11H,9H2,1-5H3,(H,16,18). The van der Waals surface area contributed by atoms with Gasteiger partial charge in [-0.25, -0.2) is 0 Å². The Morgan fingerprint density at radius 2 is 2.00 bits per heavy atom. The maximum absolute atomic E-state index is 5.46. The Morgan fingerprint density at radius 3 is 2.61 bits per heavy atom. The molecule has 0 radical (unpaired) electrons. The van der Waals surface area contributed by atoms with Gasteiger partial charge in [0.25, 0.3) is 0 Å². The van der Waals surface area contributed by atoms with Crippen molar-refractivity contribution in [3.05, 3.63) is 28.5 Å². The van der Waals surface area contributed by atoms with E-state index in [-0.39, 0.29) is 0 Å². The highest BCUT2D eigenvalue weighted by atomic mass is 32.1. The number of H-pyrrole nitrogens is 1. The number of imidazole rings is 1. The SMILES string of the molecule is Cc1cccc2c1[nH]c(=S)n2CC(C)C(C)(C)C. The largest absolute Gasteiger partial charge is 0.330 e. The van der Waals surface area contributed by atoms with Gasteiger partial charge in [0.2, 0.25) is 0 Å². The van der Waals surface area contributed by atoms with Crippen LogP contribution in [-0.2, 0) is 6.54 Å².